The van der Waals surface area contributed by atoms with E-state index in [2.05, 4.69) is 10.6 Å². The Kier molecular flexibility index (Phi) is 10.3. The van der Waals surface area contributed by atoms with Crippen LogP contribution < -0.4 is 16.4 Å². The summed E-state index contributed by atoms with van der Waals surface area (Å²) >= 11 is 0. The normalized spacial score (nSPS) is 13.4. The molecule has 2 atom stereocenters. The van der Waals surface area contributed by atoms with Gasteiger partial charge in [0.25, 0.3) is 0 Å². The first kappa shape index (κ1) is 29.9. The highest BCUT2D eigenvalue weighted by Gasteiger charge is 2.38. The molecule has 0 aliphatic carbocycles. The number of nitrogens with two attached hydrogens (primary N) is 1. The zero-order chi connectivity index (χ0) is 27.1. The molecule has 1 rings (SSSR count). The van der Waals surface area contributed by atoms with Crippen molar-refractivity contribution in [3.63, 3.8) is 0 Å². The molecular formula is C25H40N4O6. The van der Waals surface area contributed by atoms with Crippen molar-refractivity contribution in [2.24, 2.45) is 5.73 Å². The van der Waals surface area contributed by atoms with Gasteiger partial charge in [0.15, 0.2) is 0 Å². The summed E-state index contributed by atoms with van der Waals surface area (Å²) in [6.45, 7) is 13.4. The number of hydrogen-bond acceptors (Lipinski definition) is 6. The number of ether oxygens (including phenoxy) is 1. The molecule has 0 spiro atoms. The molecule has 0 aromatic heterocycles. The van der Waals surface area contributed by atoms with Gasteiger partial charge in [-0.05, 0) is 72.1 Å². The number of aliphatic hydroxyl groups excluding tert-OH is 1. The van der Waals surface area contributed by atoms with E-state index in [0.29, 0.717) is 5.56 Å². The van der Waals surface area contributed by atoms with E-state index in [1.54, 1.807) is 32.9 Å². The lowest BCUT2D eigenvalue weighted by Gasteiger charge is -2.36. The fourth-order valence-corrected chi connectivity index (χ4v) is 3.48. The zero-order valence-electron chi connectivity index (χ0n) is 22.0. The van der Waals surface area contributed by atoms with Crippen LogP contribution in [0.5, 0.6) is 0 Å². The summed E-state index contributed by atoms with van der Waals surface area (Å²) in [5, 5.41) is 15.1. The lowest BCUT2D eigenvalue weighted by molar-refractivity contribution is -0.144. The third-order valence-electron chi connectivity index (χ3n) is 5.02. The van der Waals surface area contributed by atoms with Crippen molar-refractivity contribution in [2.75, 3.05) is 13.2 Å². The smallest absolute Gasteiger partial charge is 0.408 e. The number of benzene rings is 1. The molecule has 0 saturated carbocycles. The molecule has 0 bridgehead atoms. The largest absolute Gasteiger partial charge is 0.444 e. The van der Waals surface area contributed by atoms with Crippen LogP contribution in [0.3, 0.4) is 0 Å². The molecule has 4 amide bonds. The van der Waals surface area contributed by atoms with Gasteiger partial charge in [-0.3, -0.25) is 14.4 Å². The van der Waals surface area contributed by atoms with Gasteiger partial charge in [0, 0.05) is 12.1 Å². The minimum Gasteiger partial charge on any atom is -0.444 e. The number of amides is 4. The van der Waals surface area contributed by atoms with Crippen LogP contribution in [0.25, 0.3) is 0 Å². The Hall–Kier alpha value is -3.14. The van der Waals surface area contributed by atoms with E-state index in [0.717, 1.165) is 16.0 Å². The number of primary amides is 1. The Labute approximate surface area is 207 Å². The summed E-state index contributed by atoms with van der Waals surface area (Å²) < 4.78 is 5.23. The molecule has 10 heteroatoms. The van der Waals surface area contributed by atoms with E-state index in [9.17, 15) is 24.3 Å². The minimum atomic E-state index is -1.40. The number of nitrogens with zero attached hydrogens (tertiary/aromatic N) is 1. The fraction of sp³-hybridized carbons (Fsp3) is 0.600. The predicted molar refractivity (Wildman–Crippen MR) is 132 cm³/mol. The maximum atomic E-state index is 13.7. The first-order valence-electron chi connectivity index (χ1n) is 11.5. The molecule has 5 N–H and O–H groups in total. The standard InChI is InChI=1S/C25H40N4O6/c1-15-10-9-11-17(16(15)2)20(21(32)28-24(3,4)5)29(12-13-30)22(33)18(14-19(26)31)27-23(34)35-25(6,7)8/h9-11,18,20,30H,12-14H2,1-8H3,(H2,26,31)(H,27,34)(H,28,32). The molecule has 35 heavy (non-hydrogen) atoms. The van der Waals surface area contributed by atoms with E-state index < -0.39 is 60.1 Å². The first-order chi connectivity index (χ1) is 16.0. The Bertz CT molecular complexity index is 933. The second kappa shape index (κ2) is 12.0. The van der Waals surface area contributed by atoms with Gasteiger partial charge >= 0.3 is 6.09 Å². The van der Waals surface area contributed by atoms with E-state index in [1.165, 1.54) is 0 Å². The lowest BCUT2D eigenvalue weighted by Crippen LogP contribution is -2.56. The van der Waals surface area contributed by atoms with Gasteiger partial charge in [-0.2, -0.15) is 0 Å². The highest BCUT2D eigenvalue weighted by atomic mass is 16.6. The molecule has 0 fully saturated rings. The van der Waals surface area contributed by atoms with E-state index in [1.807, 2.05) is 40.7 Å². The van der Waals surface area contributed by atoms with Gasteiger partial charge in [-0.1, -0.05) is 18.2 Å². The van der Waals surface area contributed by atoms with Crippen molar-refractivity contribution in [1.29, 1.82) is 0 Å². The average molecular weight is 493 g/mol. The number of carbonyl (C=O) groups excluding carboxylic acids is 4. The van der Waals surface area contributed by atoms with Gasteiger partial charge in [0.1, 0.15) is 17.7 Å². The number of rotatable bonds is 9. The van der Waals surface area contributed by atoms with Crippen LogP contribution in [0, 0.1) is 13.8 Å². The minimum absolute atomic E-state index is 0.223. The molecule has 0 heterocycles. The molecule has 0 radical (unpaired) electrons. The number of aliphatic hydroxyl groups is 1. The summed E-state index contributed by atoms with van der Waals surface area (Å²) in [6, 6.07) is 2.86. The van der Waals surface area contributed by atoms with Crippen molar-refractivity contribution in [3.8, 4) is 0 Å². The number of aryl methyl sites for hydroxylation is 1. The molecule has 0 aliphatic heterocycles. The van der Waals surface area contributed by atoms with Gasteiger partial charge in [0.05, 0.1) is 13.0 Å². The number of nitrogens with one attached hydrogen (secondary N) is 2. The number of hydrogen-bond donors (Lipinski definition) is 4. The number of alkyl carbamates (subject to hydrolysis) is 1. The van der Waals surface area contributed by atoms with Crippen LogP contribution in [-0.4, -0.2) is 64.2 Å². The van der Waals surface area contributed by atoms with Gasteiger partial charge < -0.3 is 31.1 Å². The highest BCUT2D eigenvalue weighted by molar-refractivity contribution is 5.94. The van der Waals surface area contributed by atoms with Crippen LogP contribution in [0.1, 0.15) is 70.7 Å². The molecule has 2 unspecified atom stereocenters. The fourth-order valence-electron chi connectivity index (χ4n) is 3.48. The SMILES string of the molecule is Cc1cccc(C(C(=O)NC(C)(C)C)N(CCO)C(=O)C(CC(N)=O)NC(=O)OC(C)(C)C)c1C. The van der Waals surface area contributed by atoms with Gasteiger partial charge in [-0.15, -0.1) is 0 Å². The van der Waals surface area contributed by atoms with E-state index in [4.69, 9.17) is 10.5 Å². The van der Waals surface area contributed by atoms with Crippen LogP contribution in [0.15, 0.2) is 18.2 Å². The third kappa shape index (κ3) is 9.56. The second-order valence-electron chi connectivity index (χ2n) is 10.6. The Morgan fingerprint density at radius 2 is 1.69 bits per heavy atom. The molecular weight excluding hydrogens is 452 g/mol. The Morgan fingerprint density at radius 1 is 1.09 bits per heavy atom. The summed E-state index contributed by atoms with van der Waals surface area (Å²) in [7, 11) is 0. The van der Waals surface area contributed by atoms with Crippen LogP contribution >= 0.6 is 0 Å². The predicted octanol–water partition coefficient (Wildman–Crippen LogP) is 1.85. The van der Waals surface area contributed by atoms with Crippen LogP contribution in [0.2, 0.25) is 0 Å². The molecule has 196 valence electrons. The molecule has 1 aromatic rings. The molecule has 0 aliphatic rings. The summed E-state index contributed by atoms with van der Waals surface area (Å²) in [6.07, 6.45) is -1.43. The van der Waals surface area contributed by atoms with Crippen molar-refractivity contribution in [3.05, 3.63) is 34.9 Å². The molecule has 10 nitrogen and oxygen atoms in total. The maximum Gasteiger partial charge on any atom is 0.408 e. The zero-order valence-corrected chi connectivity index (χ0v) is 22.0. The lowest BCUT2D eigenvalue weighted by atomic mass is 9.94. The summed E-state index contributed by atoms with van der Waals surface area (Å²) in [5.41, 5.74) is 6.16. The van der Waals surface area contributed by atoms with Crippen LogP contribution in [-0.2, 0) is 19.1 Å². The highest BCUT2D eigenvalue weighted by Crippen LogP contribution is 2.28. The van der Waals surface area contributed by atoms with Gasteiger partial charge in [0.2, 0.25) is 17.7 Å². The average Bonchev–Trinajstić information content (AvgIpc) is 2.66. The summed E-state index contributed by atoms with van der Waals surface area (Å²) in [4.78, 5) is 52.5. The quantitative estimate of drug-likeness (QED) is 0.413. The van der Waals surface area contributed by atoms with Crippen molar-refractivity contribution < 1.29 is 29.0 Å². The van der Waals surface area contributed by atoms with Gasteiger partial charge in [-0.25, -0.2) is 4.79 Å². The summed E-state index contributed by atoms with van der Waals surface area (Å²) in [5.74, 6) is -2.05. The van der Waals surface area contributed by atoms with Crippen molar-refractivity contribution >= 4 is 23.8 Å². The van der Waals surface area contributed by atoms with Crippen molar-refractivity contribution in [2.45, 2.75) is 85.0 Å². The maximum absolute atomic E-state index is 13.7. The third-order valence-corrected chi connectivity index (χ3v) is 5.02. The Balaban J connectivity index is 3.56. The van der Waals surface area contributed by atoms with Crippen molar-refractivity contribution in [1.82, 2.24) is 15.5 Å². The van der Waals surface area contributed by atoms with E-state index in [-0.39, 0.29) is 6.54 Å². The number of carbonyl (C=O) groups is 4. The Morgan fingerprint density at radius 3 is 2.17 bits per heavy atom. The molecule has 1 aromatic carbocycles. The monoisotopic (exact) mass is 492 g/mol. The van der Waals surface area contributed by atoms with Crippen LogP contribution in [0.4, 0.5) is 4.79 Å². The second-order valence-corrected chi connectivity index (χ2v) is 10.6. The first-order valence-corrected chi connectivity index (χ1v) is 11.5. The molecule has 0 saturated heterocycles. The topological polar surface area (TPSA) is 151 Å². The van der Waals surface area contributed by atoms with E-state index >= 15 is 0 Å².